The number of carbonyl (C=O) groups is 2. The van der Waals surface area contributed by atoms with E-state index in [4.69, 9.17) is 10.5 Å². The molecule has 19 heavy (non-hydrogen) atoms. The highest BCUT2D eigenvalue weighted by Gasteiger charge is 2.33. The van der Waals surface area contributed by atoms with Crippen LogP contribution in [-0.4, -0.2) is 34.7 Å². The van der Waals surface area contributed by atoms with Crippen LogP contribution in [0.1, 0.15) is 37.2 Å². The van der Waals surface area contributed by atoms with Crippen molar-refractivity contribution < 1.29 is 14.3 Å². The molecule has 1 unspecified atom stereocenters. The molecule has 104 valence electrons. The van der Waals surface area contributed by atoms with E-state index in [9.17, 15) is 9.59 Å². The van der Waals surface area contributed by atoms with Gasteiger partial charge in [-0.3, -0.25) is 4.79 Å². The third kappa shape index (κ3) is 3.64. The van der Waals surface area contributed by atoms with E-state index in [2.05, 4.69) is 15.5 Å². The zero-order valence-electron chi connectivity index (χ0n) is 11.3. The summed E-state index contributed by atoms with van der Waals surface area (Å²) in [5.41, 5.74) is 4.26. The van der Waals surface area contributed by atoms with Gasteiger partial charge < -0.3 is 15.8 Å². The molecule has 0 aliphatic heterocycles. The Morgan fingerprint density at radius 1 is 1.42 bits per heavy atom. The van der Waals surface area contributed by atoms with Crippen LogP contribution in [0.2, 0.25) is 0 Å². The number of aromatic nitrogens is 2. The van der Waals surface area contributed by atoms with E-state index in [1.165, 1.54) is 13.2 Å². The van der Waals surface area contributed by atoms with Crippen molar-refractivity contribution in [3.8, 4) is 0 Å². The monoisotopic (exact) mass is 266 g/mol. The maximum atomic E-state index is 11.8. The maximum Gasteiger partial charge on any atom is 0.331 e. The lowest BCUT2D eigenvalue weighted by Gasteiger charge is -2.27. The number of nitrogens with zero attached hydrogens (tertiary/aromatic N) is 2. The van der Waals surface area contributed by atoms with Crippen molar-refractivity contribution in [3.63, 3.8) is 0 Å². The molecular formula is C12H18N4O3. The van der Waals surface area contributed by atoms with Crippen molar-refractivity contribution in [1.82, 2.24) is 10.2 Å². The summed E-state index contributed by atoms with van der Waals surface area (Å²) in [6.45, 7) is 3.69. The first-order chi connectivity index (χ1) is 8.92. The highest BCUT2D eigenvalue weighted by Crippen LogP contribution is 2.20. The van der Waals surface area contributed by atoms with E-state index in [0.717, 1.165) is 6.42 Å². The van der Waals surface area contributed by atoms with Crippen LogP contribution < -0.4 is 11.1 Å². The molecule has 7 nitrogen and oxygen atoms in total. The van der Waals surface area contributed by atoms with Crippen LogP contribution in [0.5, 0.6) is 0 Å². The van der Waals surface area contributed by atoms with E-state index >= 15 is 0 Å². The van der Waals surface area contributed by atoms with Gasteiger partial charge in [-0.15, -0.1) is 10.2 Å². The van der Waals surface area contributed by atoms with Gasteiger partial charge in [0, 0.05) is 0 Å². The molecule has 0 fully saturated rings. The van der Waals surface area contributed by atoms with Crippen LogP contribution in [0.25, 0.3) is 0 Å². The molecule has 0 saturated carbocycles. The molecule has 0 aromatic carbocycles. The summed E-state index contributed by atoms with van der Waals surface area (Å²) in [7, 11) is 1.33. The summed E-state index contributed by atoms with van der Waals surface area (Å²) in [6, 6.07) is 2.99. The Kier molecular flexibility index (Phi) is 4.80. The van der Waals surface area contributed by atoms with E-state index in [1.807, 2.05) is 6.92 Å². The molecule has 0 spiro atoms. The van der Waals surface area contributed by atoms with Gasteiger partial charge in [0.05, 0.1) is 7.11 Å². The van der Waals surface area contributed by atoms with Crippen LogP contribution in [-0.2, 0) is 9.53 Å². The second-order valence-corrected chi connectivity index (χ2v) is 4.37. The molecule has 1 amide bonds. The topological polar surface area (TPSA) is 107 Å². The van der Waals surface area contributed by atoms with Crippen molar-refractivity contribution in [3.05, 3.63) is 17.8 Å². The fourth-order valence-corrected chi connectivity index (χ4v) is 1.75. The quantitative estimate of drug-likeness (QED) is 0.734. The molecule has 1 aromatic rings. The van der Waals surface area contributed by atoms with Crippen LogP contribution in [0.15, 0.2) is 12.1 Å². The summed E-state index contributed by atoms with van der Waals surface area (Å²) in [5, 5.41) is 10.5. The summed E-state index contributed by atoms with van der Waals surface area (Å²) in [6.07, 6.45) is 1.38. The van der Waals surface area contributed by atoms with E-state index < -0.39 is 11.4 Å². The maximum absolute atomic E-state index is 11.8. The third-order valence-corrected chi connectivity index (χ3v) is 2.71. The molecule has 0 saturated heterocycles. The van der Waals surface area contributed by atoms with E-state index in [0.29, 0.717) is 12.2 Å². The molecule has 1 atom stereocenters. The van der Waals surface area contributed by atoms with Gasteiger partial charge in [-0.05, 0) is 25.5 Å². The van der Waals surface area contributed by atoms with Crippen molar-refractivity contribution in [2.75, 3.05) is 12.4 Å². The van der Waals surface area contributed by atoms with Crippen LogP contribution in [0.3, 0.4) is 0 Å². The lowest BCUT2D eigenvalue weighted by Crippen LogP contribution is -2.44. The number of nitrogens with two attached hydrogens (primary N) is 1. The number of nitrogens with one attached hydrogen (secondary N) is 1. The number of hydrogen-bond acceptors (Lipinski definition) is 6. The van der Waals surface area contributed by atoms with Gasteiger partial charge in [-0.2, -0.15) is 0 Å². The Balaban J connectivity index is 2.90. The Morgan fingerprint density at radius 2 is 2.11 bits per heavy atom. The Labute approximate surface area is 111 Å². The normalized spacial score (nSPS) is 13.4. The van der Waals surface area contributed by atoms with Crippen molar-refractivity contribution in [2.24, 2.45) is 5.73 Å². The predicted octanol–water partition coefficient (Wildman–Crippen LogP) is 0.719. The number of methoxy groups -OCH3 is 1. The number of amides is 1. The lowest BCUT2D eigenvalue weighted by molar-refractivity contribution is -0.145. The minimum atomic E-state index is -0.883. The second-order valence-electron chi connectivity index (χ2n) is 4.37. The van der Waals surface area contributed by atoms with Crippen molar-refractivity contribution in [1.29, 1.82) is 0 Å². The van der Waals surface area contributed by atoms with Gasteiger partial charge >= 0.3 is 5.97 Å². The molecule has 1 heterocycles. The van der Waals surface area contributed by atoms with Gasteiger partial charge in [0.15, 0.2) is 5.69 Å². The largest absolute Gasteiger partial charge is 0.467 e. The zero-order valence-corrected chi connectivity index (χ0v) is 11.3. The standard InChI is InChI=1S/C12H18N4O3/c1-4-7-12(2,11(18)19-3)14-9-6-5-8(10(13)17)15-16-9/h5-6H,4,7H2,1-3H3,(H2,13,17)(H,14,16). The highest BCUT2D eigenvalue weighted by molar-refractivity contribution is 5.90. The smallest absolute Gasteiger partial charge is 0.331 e. The number of carbonyl (C=O) groups excluding carboxylic acids is 2. The highest BCUT2D eigenvalue weighted by atomic mass is 16.5. The minimum absolute atomic E-state index is 0.0702. The zero-order chi connectivity index (χ0) is 14.5. The molecule has 0 aliphatic carbocycles. The number of ether oxygens (including phenoxy) is 1. The van der Waals surface area contributed by atoms with Gasteiger partial charge in [0.25, 0.3) is 5.91 Å². The Hall–Kier alpha value is -2.18. The minimum Gasteiger partial charge on any atom is -0.467 e. The average molecular weight is 266 g/mol. The first-order valence-electron chi connectivity index (χ1n) is 5.93. The third-order valence-electron chi connectivity index (χ3n) is 2.71. The van der Waals surface area contributed by atoms with Crippen molar-refractivity contribution in [2.45, 2.75) is 32.2 Å². The summed E-state index contributed by atoms with van der Waals surface area (Å²) >= 11 is 0. The van der Waals surface area contributed by atoms with Gasteiger partial charge in [-0.1, -0.05) is 13.3 Å². The summed E-state index contributed by atoms with van der Waals surface area (Å²) < 4.78 is 4.78. The summed E-state index contributed by atoms with van der Waals surface area (Å²) in [4.78, 5) is 22.7. The van der Waals surface area contributed by atoms with Crippen LogP contribution in [0.4, 0.5) is 5.82 Å². The van der Waals surface area contributed by atoms with E-state index in [-0.39, 0.29) is 11.7 Å². The predicted molar refractivity (Wildman–Crippen MR) is 69.5 cm³/mol. The second kappa shape index (κ2) is 6.12. The van der Waals surface area contributed by atoms with Crippen LogP contribution >= 0.6 is 0 Å². The molecule has 0 bridgehead atoms. The number of esters is 1. The lowest BCUT2D eigenvalue weighted by atomic mass is 9.96. The Bertz CT molecular complexity index is 461. The SMILES string of the molecule is CCCC(C)(Nc1ccc(C(N)=O)nn1)C(=O)OC. The number of hydrogen-bond donors (Lipinski definition) is 2. The Morgan fingerprint density at radius 3 is 2.53 bits per heavy atom. The number of primary amides is 1. The molecule has 1 aromatic heterocycles. The molecule has 0 radical (unpaired) electrons. The fraction of sp³-hybridized carbons (Fsp3) is 0.500. The number of anilines is 1. The molecule has 0 aliphatic rings. The van der Waals surface area contributed by atoms with Crippen molar-refractivity contribution >= 4 is 17.7 Å². The van der Waals surface area contributed by atoms with Gasteiger partial charge in [0.1, 0.15) is 11.4 Å². The number of rotatable bonds is 6. The van der Waals surface area contributed by atoms with Crippen LogP contribution in [0, 0.1) is 0 Å². The summed E-state index contributed by atoms with van der Waals surface area (Å²) in [5.74, 6) is -0.648. The fourth-order valence-electron chi connectivity index (χ4n) is 1.75. The first kappa shape index (κ1) is 14.9. The molecule has 7 heteroatoms. The molecular weight excluding hydrogens is 248 g/mol. The first-order valence-corrected chi connectivity index (χ1v) is 5.93. The molecule has 1 rings (SSSR count). The van der Waals surface area contributed by atoms with Gasteiger partial charge in [-0.25, -0.2) is 4.79 Å². The van der Waals surface area contributed by atoms with Gasteiger partial charge in [0.2, 0.25) is 0 Å². The average Bonchev–Trinajstić information content (AvgIpc) is 2.38. The van der Waals surface area contributed by atoms with E-state index in [1.54, 1.807) is 13.0 Å². The molecule has 3 N–H and O–H groups in total.